The van der Waals surface area contributed by atoms with Crippen LogP contribution in [0.2, 0.25) is 0 Å². The van der Waals surface area contributed by atoms with Gasteiger partial charge in [0.2, 0.25) is 0 Å². The summed E-state index contributed by atoms with van der Waals surface area (Å²) in [5, 5.41) is 0. The molecule has 0 aromatic rings. The molecule has 64 valence electrons. The van der Waals surface area contributed by atoms with Crippen LogP contribution in [-0.4, -0.2) is 43.0 Å². The van der Waals surface area contributed by atoms with E-state index in [1.54, 1.807) is 0 Å². The Morgan fingerprint density at radius 2 is 1.67 bits per heavy atom. The molecule has 2 heterocycles. The van der Waals surface area contributed by atoms with Crippen molar-refractivity contribution in [1.82, 2.24) is 9.80 Å². The maximum absolute atomic E-state index is 3.96. The predicted octanol–water partition coefficient (Wildman–Crippen LogP) is -2.19. The van der Waals surface area contributed by atoms with Gasteiger partial charge < -0.3 is 9.80 Å². The molecule has 3 heteroatoms. The Morgan fingerprint density at radius 1 is 1.17 bits per heavy atom. The molecule has 0 N–H and O–H groups in total. The number of nitrogens with zero attached hydrogens (tertiary/aromatic N) is 2. The number of piperidine rings is 1. The molecule has 2 rings (SSSR count). The van der Waals surface area contributed by atoms with Crippen LogP contribution in [0.5, 0.6) is 0 Å². The Labute approximate surface area is 118 Å². The quantitative estimate of drug-likeness (QED) is 0.318. The fourth-order valence-electron chi connectivity index (χ4n) is 2.44. The Kier molecular flexibility index (Phi) is 4.25. The first-order valence-corrected chi connectivity index (χ1v) is 4.44. The molecular formula is C9H17KN2. The van der Waals surface area contributed by atoms with Crippen LogP contribution in [-0.2, 0) is 0 Å². The molecule has 0 amide bonds. The van der Waals surface area contributed by atoms with Crippen LogP contribution in [0.25, 0.3) is 0 Å². The molecule has 0 atom stereocenters. The summed E-state index contributed by atoms with van der Waals surface area (Å²) in [5.74, 6) is 0. The van der Waals surface area contributed by atoms with E-state index < -0.39 is 0 Å². The second-order valence-corrected chi connectivity index (χ2v) is 4.29. The molecule has 0 aliphatic carbocycles. The topological polar surface area (TPSA) is 6.48 Å². The molecule has 2 fully saturated rings. The molecule has 0 bridgehead atoms. The third kappa shape index (κ3) is 2.32. The standard InChI is InChI=1S/C9H17N2.K/c1-10-5-3-9(4-6-10)7-11(2)8-9;/h1,3-8H2,2H3;/q-1;+1. The van der Waals surface area contributed by atoms with Crippen molar-refractivity contribution in [3.8, 4) is 0 Å². The van der Waals surface area contributed by atoms with Crippen LogP contribution in [0, 0.1) is 12.5 Å². The van der Waals surface area contributed by atoms with Crippen molar-refractivity contribution in [3.63, 3.8) is 0 Å². The first kappa shape index (κ1) is 11.6. The monoisotopic (exact) mass is 192 g/mol. The molecule has 2 aliphatic heterocycles. The first-order valence-electron chi connectivity index (χ1n) is 4.44. The van der Waals surface area contributed by atoms with Crippen molar-refractivity contribution in [2.75, 3.05) is 33.2 Å². The summed E-state index contributed by atoms with van der Waals surface area (Å²) in [4.78, 5) is 4.61. The van der Waals surface area contributed by atoms with Gasteiger partial charge >= 0.3 is 51.4 Å². The largest absolute Gasteiger partial charge is 1.00 e. The summed E-state index contributed by atoms with van der Waals surface area (Å²) in [6.45, 7) is 5.04. The summed E-state index contributed by atoms with van der Waals surface area (Å²) in [7, 11) is 6.17. The van der Waals surface area contributed by atoms with Crippen LogP contribution < -0.4 is 51.4 Å². The van der Waals surface area contributed by atoms with Crippen molar-refractivity contribution in [3.05, 3.63) is 7.05 Å². The minimum absolute atomic E-state index is 0. The Bertz CT molecular complexity index is 145. The van der Waals surface area contributed by atoms with E-state index >= 15 is 0 Å². The van der Waals surface area contributed by atoms with Gasteiger partial charge in [0.1, 0.15) is 0 Å². The van der Waals surface area contributed by atoms with Gasteiger partial charge in [-0.05, 0) is 38.4 Å². The van der Waals surface area contributed by atoms with E-state index in [1.807, 2.05) is 0 Å². The minimum atomic E-state index is 0. The van der Waals surface area contributed by atoms with Crippen molar-refractivity contribution >= 4 is 0 Å². The zero-order valence-corrected chi connectivity index (χ0v) is 11.5. The van der Waals surface area contributed by atoms with Crippen molar-refractivity contribution in [2.45, 2.75) is 12.8 Å². The molecule has 2 nitrogen and oxygen atoms in total. The summed E-state index contributed by atoms with van der Waals surface area (Å²) < 4.78 is 0. The maximum atomic E-state index is 3.96. The fourth-order valence-corrected chi connectivity index (χ4v) is 2.44. The van der Waals surface area contributed by atoms with Gasteiger partial charge in [0.25, 0.3) is 0 Å². The zero-order chi connectivity index (χ0) is 7.90. The van der Waals surface area contributed by atoms with Gasteiger partial charge in [0, 0.05) is 13.1 Å². The predicted molar refractivity (Wildman–Crippen MR) is 46.1 cm³/mol. The molecule has 12 heavy (non-hydrogen) atoms. The van der Waals surface area contributed by atoms with Crippen LogP contribution in [0.15, 0.2) is 0 Å². The van der Waals surface area contributed by atoms with Gasteiger partial charge in [-0.2, -0.15) is 0 Å². The third-order valence-electron chi connectivity index (χ3n) is 3.13. The van der Waals surface area contributed by atoms with E-state index in [1.165, 1.54) is 39.0 Å². The molecule has 1 spiro atoms. The molecule has 0 unspecified atom stereocenters. The SMILES string of the molecule is [CH2-]N1CCC2(CC1)CN(C)C2.[K+]. The molecule has 0 radical (unpaired) electrons. The average molecular weight is 192 g/mol. The summed E-state index contributed by atoms with van der Waals surface area (Å²) in [5.41, 5.74) is 0.697. The van der Waals surface area contributed by atoms with Gasteiger partial charge in [-0.3, -0.25) is 7.05 Å². The Balaban J connectivity index is 0.000000720. The maximum Gasteiger partial charge on any atom is 1.00 e. The summed E-state index contributed by atoms with van der Waals surface area (Å²) >= 11 is 0. The van der Waals surface area contributed by atoms with Crippen LogP contribution >= 0.6 is 0 Å². The van der Waals surface area contributed by atoms with Crippen molar-refractivity contribution in [2.24, 2.45) is 5.41 Å². The van der Waals surface area contributed by atoms with Crippen molar-refractivity contribution in [1.29, 1.82) is 0 Å². The summed E-state index contributed by atoms with van der Waals surface area (Å²) in [6.07, 6.45) is 2.72. The number of hydrogen-bond acceptors (Lipinski definition) is 2. The molecular weight excluding hydrogens is 175 g/mol. The molecule has 0 aromatic heterocycles. The van der Waals surface area contributed by atoms with Gasteiger partial charge in [-0.1, -0.05) is 0 Å². The van der Waals surface area contributed by atoms with Gasteiger partial charge in [-0.15, -0.1) is 0 Å². The van der Waals surface area contributed by atoms with Gasteiger partial charge in [0.15, 0.2) is 0 Å². The first-order chi connectivity index (χ1) is 5.20. The average Bonchev–Trinajstić information content (AvgIpc) is 1.92. The van der Waals surface area contributed by atoms with E-state index in [9.17, 15) is 0 Å². The number of rotatable bonds is 0. The van der Waals surface area contributed by atoms with E-state index in [-0.39, 0.29) is 51.4 Å². The minimum Gasteiger partial charge on any atom is -0.459 e. The normalized spacial score (nSPS) is 29.5. The van der Waals surface area contributed by atoms with Crippen LogP contribution in [0.3, 0.4) is 0 Å². The van der Waals surface area contributed by atoms with Gasteiger partial charge in [0.05, 0.1) is 0 Å². The van der Waals surface area contributed by atoms with E-state index in [2.05, 4.69) is 23.9 Å². The van der Waals surface area contributed by atoms with Crippen LogP contribution in [0.1, 0.15) is 12.8 Å². The fraction of sp³-hybridized carbons (Fsp3) is 0.889. The second-order valence-electron chi connectivity index (χ2n) is 4.29. The molecule has 0 aromatic carbocycles. The second kappa shape index (κ2) is 4.38. The Hall–Kier alpha value is 1.56. The molecule has 2 aliphatic rings. The molecule has 0 saturated carbocycles. The van der Waals surface area contributed by atoms with E-state index in [0.717, 1.165) is 0 Å². The number of likely N-dealkylation sites (tertiary alicyclic amines) is 2. The molecule has 2 saturated heterocycles. The third-order valence-corrected chi connectivity index (χ3v) is 3.13. The van der Waals surface area contributed by atoms with Gasteiger partial charge in [-0.25, -0.2) is 0 Å². The smallest absolute Gasteiger partial charge is 0.459 e. The van der Waals surface area contributed by atoms with E-state index in [0.29, 0.717) is 5.41 Å². The Morgan fingerprint density at radius 3 is 2.08 bits per heavy atom. The van der Waals surface area contributed by atoms with Crippen molar-refractivity contribution < 1.29 is 51.4 Å². The number of hydrogen-bond donors (Lipinski definition) is 0. The van der Waals surface area contributed by atoms with E-state index in [4.69, 9.17) is 0 Å². The zero-order valence-electron chi connectivity index (χ0n) is 8.34. The summed E-state index contributed by atoms with van der Waals surface area (Å²) in [6, 6.07) is 0. The van der Waals surface area contributed by atoms with Crippen LogP contribution in [0.4, 0.5) is 0 Å².